The van der Waals surface area contributed by atoms with E-state index >= 15 is 0 Å². The summed E-state index contributed by atoms with van der Waals surface area (Å²) >= 11 is 6.07. The number of hydrogen-bond acceptors (Lipinski definition) is 1. The van der Waals surface area contributed by atoms with Gasteiger partial charge in [0.15, 0.2) is 0 Å². The number of likely N-dealkylation sites (N-methyl/N-ethyl adjacent to an activating group) is 1. The Balaban J connectivity index is 2.09. The highest BCUT2D eigenvalue weighted by atomic mass is 35.5. The van der Waals surface area contributed by atoms with Gasteiger partial charge in [-0.05, 0) is 49.3 Å². The number of hydrogen-bond donors (Lipinski definition) is 1. The predicted octanol–water partition coefficient (Wildman–Crippen LogP) is 4.44. The smallest absolute Gasteiger partial charge is 0.142 e. The van der Waals surface area contributed by atoms with Crippen LogP contribution < -0.4 is 5.32 Å². The molecule has 1 nitrogen and oxygen atoms in total. The second-order valence-electron chi connectivity index (χ2n) is 5.76. The molecule has 0 amide bonds. The molecule has 1 aliphatic carbocycles. The monoisotopic (exact) mass is 283 g/mol. The van der Waals surface area contributed by atoms with E-state index in [-0.39, 0.29) is 10.8 Å². The molecule has 1 N–H and O–H groups in total. The van der Waals surface area contributed by atoms with Crippen molar-refractivity contribution in [3.8, 4) is 0 Å². The van der Waals surface area contributed by atoms with Gasteiger partial charge in [-0.2, -0.15) is 0 Å². The Morgan fingerprint density at radius 1 is 1.42 bits per heavy atom. The molecular formula is C16H23ClFN. The lowest BCUT2D eigenvalue weighted by molar-refractivity contribution is 0.353. The molecule has 1 aliphatic rings. The third-order valence-corrected chi connectivity index (χ3v) is 4.67. The summed E-state index contributed by atoms with van der Waals surface area (Å²) in [5, 5.41) is 3.85. The van der Waals surface area contributed by atoms with E-state index in [9.17, 15) is 4.39 Å². The van der Waals surface area contributed by atoms with Crippen molar-refractivity contribution in [1.82, 2.24) is 5.32 Å². The van der Waals surface area contributed by atoms with Crippen molar-refractivity contribution in [2.45, 2.75) is 45.6 Å². The van der Waals surface area contributed by atoms with Crippen molar-refractivity contribution < 1.29 is 4.39 Å². The van der Waals surface area contributed by atoms with Crippen molar-refractivity contribution in [2.75, 3.05) is 6.54 Å². The van der Waals surface area contributed by atoms with Gasteiger partial charge in [-0.25, -0.2) is 4.39 Å². The van der Waals surface area contributed by atoms with Crippen LogP contribution >= 0.6 is 11.6 Å². The van der Waals surface area contributed by atoms with Crippen LogP contribution in [0.2, 0.25) is 5.02 Å². The van der Waals surface area contributed by atoms with Crippen LogP contribution in [0.5, 0.6) is 0 Å². The van der Waals surface area contributed by atoms with Crippen molar-refractivity contribution in [1.29, 1.82) is 0 Å². The molecule has 0 bridgehead atoms. The first-order valence-electron chi connectivity index (χ1n) is 7.28. The Morgan fingerprint density at radius 2 is 2.21 bits per heavy atom. The average Bonchev–Trinajstić information content (AvgIpc) is 2.81. The van der Waals surface area contributed by atoms with Crippen molar-refractivity contribution >= 4 is 11.6 Å². The second-order valence-corrected chi connectivity index (χ2v) is 6.14. The van der Waals surface area contributed by atoms with Gasteiger partial charge in [0.25, 0.3) is 0 Å². The zero-order chi connectivity index (χ0) is 13.8. The average molecular weight is 284 g/mol. The van der Waals surface area contributed by atoms with Crippen LogP contribution in [0.25, 0.3) is 0 Å². The van der Waals surface area contributed by atoms with Gasteiger partial charge in [-0.15, -0.1) is 0 Å². The molecule has 0 heterocycles. The molecule has 3 heteroatoms. The van der Waals surface area contributed by atoms with Crippen LogP contribution in [0.3, 0.4) is 0 Å². The minimum atomic E-state index is -0.311. The van der Waals surface area contributed by atoms with E-state index in [0.717, 1.165) is 24.4 Å². The normalized spacial score (nSPS) is 24.6. The Morgan fingerprint density at radius 3 is 2.84 bits per heavy atom. The third kappa shape index (κ3) is 3.70. The van der Waals surface area contributed by atoms with Crippen LogP contribution in [0, 0.1) is 17.7 Å². The molecule has 1 saturated carbocycles. The molecule has 1 aromatic carbocycles. The highest BCUT2D eigenvalue weighted by molar-refractivity contribution is 6.31. The molecule has 0 spiro atoms. The minimum absolute atomic E-state index is 0.288. The molecule has 0 saturated heterocycles. The van der Waals surface area contributed by atoms with Crippen LogP contribution in [0.15, 0.2) is 18.2 Å². The van der Waals surface area contributed by atoms with Gasteiger partial charge in [0.2, 0.25) is 0 Å². The molecule has 2 rings (SSSR count). The van der Waals surface area contributed by atoms with Crippen molar-refractivity contribution in [3.63, 3.8) is 0 Å². The standard InChI is InChI=1S/C16H23ClFN/c1-3-19-15(12-8-7-11(2)9-12)10-13-5-4-6-14(18)16(13)17/h4-6,11-12,15,19H,3,7-10H2,1-2H3. The summed E-state index contributed by atoms with van der Waals surface area (Å²) in [6.45, 7) is 5.39. The van der Waals surface area contributed by atoms with E-state index in [2.05, 4.69) is 19.2 Å². The minimum Gasteiger partial charge on any atom is -0.314 e. The fraction of sp³-hybridized carbons (Fsp3) is 0.625. The summed E-state index contributed by atoms with van der Waals surface area (Å²) in [6.07, 6.45) is 4.67. The molecule has 3 unspecified atom stereocenters. The summed E-state index contributed by atoms with van der Waals surface area (Å²) in [7, 11) is 0. The number of benzene rings is 1. The maximum atomic E-state index is 13.5. The van der Waals surface area contributed by atoms with Crippen LogP contribution in [-0.4, -0.2) is 12.6 Å². The SMILES string of the molecule is CCNC(Cc1cccc(F)c1Cl)C1CCC(C)C1. The number of halogens is 2. The van der Waals surface area contributed by atoms with E-state index in [1.807, 2.05) is 6.07 Å². The zero-order valence-electron chi connectivity index (χ0n) is 11.8. The van der Waals surface area contributed by atoms with Gasteiger partial charge in [-0.3, -0.25) is 0 Å². The first kappa shape index (κ1) is 14.8. The second kappa shape index (κ2) is 6.71. The summed E-state index contributed by atoms with van der Waals surface area (Å²) in [4.78, 5) is 0. The molecular weight excluding hydrogens is 261 g/mol. The fourth-order valence-electron chi connectivity index (χ4n) is 3.23. The lowest BCUT2D eigenvalue weighted by Crippen LogP contribution is -2.37. The Labute approximate surface area is 120 Å². The van der Waals surface area contributed by atoms with E-state index in [0.29, 0.717) is 12.0 Å². The van der Waals surface area contributed by atoms with Crippen molar-refractivity contribution in [3.05, 3.63) is 34.6 Å². The maximum absolute atomic E-state index is 13.5. The topological polar surface area (TPSA) is 12.0 Å². The summed E-state index contributed by atoms with van der Waals surface area (Å²) < 4.78 is 13.5. The Kier molecular flexibility index (Phi) is 5.23. The van der Waals surface area contributed by atoms with Crippen LogP contribution in [0.1, 0.15) is 38.7 Å². The third-order valence-electron chi connectivity index (χ3n) is 4.24. The molecule has 19 heavy (non-hydrogen) atoms. The van der Waals surface area contributed by atoms with Gasteiger partial charge < -0.3 is 5.32 Å². The molecule has 0 radical (unpaired) electrons. The quantitative estimate of drug-likeness (QED) is 0.843. The molecule has 106 valence electrons. The molecule has 0 aliphatic heterocycles. The maximum Gasteiger partial charge on any atom is 0.142 e. The van der Waals surface area contributed by atoms with Gasteiger partial charge >= 0.3 is 0 Å². The number of rotatable bonds is 5. The fourth-order valence-corrected chi connectivity index (χ4v) is 3.43. The Hall–Kier alpha value is -0.600. The molecule has 0 aromatic heterocycles. The van der Waals surface area contributed by atoms with Gasteiger partial charge in [-0.1, -0.05) is 44.0 Å². The van der Waals surface area contributed by atoms with Crippen LogP contribution in [-0.2, 0) is 6.42 Å². The summed E-state index contributed by atoms with van der Waals surface area (Å²) in [6, 6.07) is 5.52. The Bertz CT molecular complexity index is 421. The van der Waals surface area contributed by atoms with E-state index in [4.69, 9.17) is 11.6 Å². The largest absolute Gasteiger partial charge is 0.314 e. The van der Waals surface area contributed by atoms with Crippen molar-refractivity contribution in [2.24, 2.45) is 11.8 Å². The zero-order valence-corrected chi connectivity index (χ0v) is 12.5. The van der Waals surface area contributed by atoms with Gasteiger partial charge in [0.1, 0.15) is 5.82 Å². The highest BCUT2D eigenvalue weighted by Gasteiger charge is 2.28. The molecule has 1 aromatic rings. The first-order valence-corrected chi connectivity index (χ1v) is 7.65. The lowest BCUT2D eigenvalue weighted by atomic mass is 9.91. The van der Waals surface area contributed by atoms with E-state index in [1.54, 1.807) is 6.07 Å². The first-order chi connectivity index (χ1) is 9.11. The lowest BCUT2D eigenvalue weighted by Gasteiger charge is -2.25. The summed E-state index contributed by atoms with van der Waals surface area (Å²) in [5.74, 6) is 1.19. The van der Waals surface area contributed by atoms with Gasteiger partial charge in [0.05, 0.1) is 5.02 Å². The van der Waals surface area contributed by atoms with Crippen LogP contribution in [0.4, 0.5) is 4.39 Å². The highest BCUT2D eigenvalue weighted by Crippen LogP contribution is 2.34. The predicted molar refractivity (Wildman–Crippen MR) is 79.1 cm³/mol. The van der Waals surface area contributed by atoms with E-state index < -0.39 is 0 Å². The number of nitrogens with one attached hydrogen (secondary N) is 1. The summed E-state index contributed by atoms with van der Waals surface area (Å²) in [5.41, 5.74) is 0.923. The molecule has 1 fully saturated rings. The van der Waals surface area contributed by atoms with Gasteiger partial charge in [0, 0.05) is 6.04 Å². The van der Waals surface area contributed by atoms with E-state index in [1.165, 1.54) is 25.3 Å². The molecule has 3 atom stereocenters.